The largest absolute Gasteiger partial charge is 0.370 e. The Labute approximate surface area is 255 Å². The number of alkyl halides is 1. The second-order valence-electron chi connectivity index (χ2n) is 10.5. The van der Waals surface area contributed by atoms with Gasteiger partial charge in [-0.05, 0) is 36.7 Å². The Morgan fingerprint density at radius 3 is 2.83 bits per heavy atom. The first-order valence-electron chi connectivity index (χ1n) is 13.8. The van der Waals surface area contributed by atoms with E-state index < -0.39 is 18.1 Å². The van der Waals surface area contributed by atoms with Gasteiger partial charge < -0.3 is 14.8 Å². The SMILES string of the molecule is O=C(Nc1nccs1)[C@@H](c1ncn2c1C[C@@H](F)C2)n1cc2c(Cl)cc(-c3ccc(N4CCCNCC4)cc3)c(Cl)c2n1. The summed E-state index contributed by atoms with van der Waals surface area (Å²) >= 11 is 15.1. The third kappa shape index (κ3) is 5.04. The molecule has 216 valence electrons. The van der Waals surface area contributed by atoms with E-state index in [9.17, 15) is 9.18 Å². The quantitative estimate of drug-likeness (QED) is 0.256. The van der Waals surface area contributed by atoms with Crippen molar-refractivity contribution in [1.29, 1.82) is 0 Å². The van der Waals surface area contributed by atoms with Gasteiger partial charge in [0.15, 0.2) is 11.2 Å². The maximum absolute atomic E-state index is 14.3. The van der Waals surface area contributed by atoms with Crippen LogP contribution in [0.25, 0.3) is 22.0 Å². The van der Waals surface area contributed by atoms with Gasteiger partial charge >= 0.3 is 0 Å². The van der Waals surface area contributed by atoms with Crippen LogP contribution in [0.5, 0.6) is 0 Å². The molecule has 5 heterocycles. The number of imidazole rings is 1. The first-order valence-corrected chi connectivity index (χ1v) is 15.4. The maximum atomic E-state index is 14.3. The highest BCUT2D eigenvalue weighted by Gasteiger charge is 2.34. The lowest BCUT2D eigenvalue weighted by molar-refractivity contribution is -0.118. The lowest BCUT2D eigenvalue weighted by atomic mass is 10.0. The van der Waals surface area contributed by atoms with Crippen LogP contribution in [-0.4, -0.2) is 62.6 Å². The van der Waals surface area contributed by atoms with Crippen molar-refractivity contribution in [3.8, 4) is 11.1 Å². The molecule has 7 rings (SSSR count). The first kappa shape index (κ1) is 27.3. The first-order chi connectivity index (χ1) is 20.5. The van der Waals surface area contributed by atoms with Crippen LogP contribution >= 0.6 is 34.5 Å². The van der Waals surface area contributed by atoms with E-state index in [2.05, 4.69) is 37.6 Å². The summed E-state index contributed by atoms with van der Waals surface area (Å²) in [5, 5.41) is 14.8. The van der Waals surface area contributed by atoms with Gasteiger partial charge in [-0.25, -0.2) is 14.4 Å². The second kappa shape index (κ2) is 11.3. The predicted octanol–water partition coefficient (Wildman–Crippen LogP) is 5.59. The smallest absolute Gasteiger partial charge is 0.257 e. The monoisotopic (exact) mass is 624 g/mol. The molecule has 3 aromatic heterocycles. The molecule has 1 saturated heterocycles. The minimum absolute atomic E-state index is 0.173. The summed E-state index contributed by atoms with van der Waals surface area (Å²) in [5.41, 5.74) is 4.38. The Kier molecular flexibility index (Phi) is 7.35. The van der Waals surface area contributed by atoms with E-state index in [-0.39, 0.29) is 13.0 Å². The van der Waals surface area contributed by atoms with Crippen LogP contribution in [0, 0.1) is 0 Å². The number of hydrogen-bond donors (Lipinski definition) is 2. The number of carbonyl (C=O) groups is 1. The molecule has 9 nitrogen and oxygen atoms in total. The highest BCUT2D eigenvalue weighted by atomic mass is 35.5. The second-order valence-corrected chi connectivity index (χ2v) is 12.2. The number of benzene rings is 2. The van der Waals surface area contributed by atoms with Crippen molar-refractivity contribution in [2.75, 3.05) is 36.4 Å². The number of fused-ring (bicyclic) bond motifs is 2. The van der Waals surface area contributed by atoms with Crippen LogP contribution in [0.15, 0.2) is 54.4 Å². The zero-order valence-corrected chi connectivity index (χ0v) is 24.8. The molecule has 2 aliphatic rings. The van der Waals surface area contributed by atoms with Crippen molar-refractivity contribution in [2.45, 2.75) is 31.6 Å². The number of rotatable bonds is 6. The van der Waals surface area contributed by atoms with Crippen molar-refractivity contribution in [2.24, 2.45) is 0 Å². The Hall–Kier alpha value is -3.51. The summed E-state index contributed by atoms with van der Waals surface area (Å²) in [5.74, 6) is -0.395. The standard InChI is InChI=1S/C29H27Cl2FN8OS/c30-22-13-20(17-2-4-19(5-3-17)38-9-1-6-33-7-10-38)24(31)25-21(22)15-40(37-25)27(28(41)36-29-34-8-11-42-29)26-23-12-18(32)14-39(23)16-35-26/h2-5,8,11,13,15-16,18,27,33H,1,6-7,9-10,12,14H2,(H,34,36,41)/t18-,27-/m1/s1. The molecule has 1 fully saturated rings. The number of anilines is 2. The molecule has 13 heteroatoms. The van der Waals surface area contributed by atoms with Crippen molar-refractivity contribution >= 4 is 62.2 Å². The predicted molar refractivity (Wildman–Crippen MR) is 165 cm³/mol. The van der Waals surface area contributed by atoms with Gasteiger partial charge in [-0.15, -0.1) is 11.3 Å². The molecular formula is C29H27Cl2FN8OS. The number of carbonyl (C=O) groups excluding carboxylic acids is 1. The Balaban J connectivity index is 1.27. The van der Waals surface area contributed by atoms with E-state index >= 15 is 0 Å². The van der Waals surface area contributed by atoms with Crippen LogP contribution in [-0.2, 0) is 17.8 Å². The highest BCUT2D eigenvalue weighted by Crippen LogP contribution is 2.40. The third-order valence-corrected chi connectivity index (χ3v) is 9.19. The molecule has 42 heavy (non-hydrogen) atoms. The van der Waals surface area contributed by atoms with Crippen molar-refractivity contribution < 1.29 is 9.18 Å². The van der Waals surface area contributed by atoms with E-state index in [1.54, 1.807) is 28.7 Å². The summed E-state index contributed by atoms with van der Waals surface area (Å²) in [7, 11) is 0. The van der Waals surface area contributed by atoms with Gasteiger partial charge in [-0.2, -0.15) is 5.10 Å². The van der Waals surface area contributed by atoms with E-state index in [4.69, 9.17) is 28.3 Å². The molecule has 0 bridgehead atoms. The van der Waals surface area contributed by atoms with Crippen LogP contribution in [0.2, 0.25) is 10.0 Å². The van der Waals surface area contributed by atoms with Gasteiger partial charge in [-0.1, -0.05) is 35.3 Å². The number of aromatic nitrogens is 5. The van der Waals surface area contributed by atoms with Crippen LogP contribution in [0.3, 0.4) is 0 Å². The zero-order chi connectivity index (χ0) is 28.8. The molecule has 2 N–H and O–H groups in total. The van der Waals surface area contributed by atoms with E-state index in [1.807, 2.05) is 18.2 Å². The van der Waals surface area contributed by atoms with Crippen molar-refractivity contribution in [3.05, 3.63) is 75.9 Å². The molecule has 0 radical (unpaired) electrons. The van der Waals surface area contributed by atoms with Crippen LogP contribution < -0.4 is 15.5 Å². The van der Waals surface area contributed by atoms with Crippen LogP contribution in [0.1, 0.15) is 23.9 Å². The fraction of sp³-hybridized carbons (Fsp3) is 0.310. The normalized spacial score (nSPS) is 17.8. The highest BCUT2D eigenvalue weighted by molar-refractivity contribution is 7.13. The molecule has 5 aromatic rings. The lowest BCUT2D eigenvalue weighted by Crippen LogP contribution is -2.28. The number of nitrogens with one attached hydrogen (secondary N) is 2. The average Bonchev–Trinajstić information content (AvgIpc) is 3.76. The third-order valence-electron chi connectivity index (χ3n) is 7.81. The Morgan fingerprint density at radius 2 is 2.02 bits per heavy atom. The van der Waals surface area contributed by atoms with E-state index in [1.165, 1.54) is 16.0 Å². The Morgan fingerprint density at radius 1 is 1.17 bits per heavy atom. The van der Waals surface area contributed by atoms with Crippen LogP contribution in [0.4, 0.5) is 15.2 Å². The van der Waals surface area contributed by atoms with Gasteiger partial charge in [0.05, 0.1) is 28.6 Å². The fourth-order valence-corrected chi connectivity index (χ4v) is 6.85. The number of hydrogen-bond acceptors (Lipinski definition) is 7. The zero-order valence-electron chi connectivity index (χ0n) is 22.4. The average molecular weight is 626 g/mol. The summed E-state index contributed by atoms with van der Waals surface area (Å²) in [6, 6.07) is 9.13. The van der Waals surface area contributed by atoms with Crippen molar-refractivity contribution in [3.63, 3.8) is 0 Å². The van der Waals surface area contributed by atoms with Gasteiger partial charge in [-0.3, -0.25) is 14.8 Å². The van der Waals surface area contributed by atoms with Gasteiger partial charge in [0.1, 0.15) is 11.7 Å². The summed E-state index contributed by atoms with van der Waals surface area (Å²) in [6.07, 6.45) is 5.12. The number of amides is 1. The molecule has 2 aromatic carbocycles. The topological polar surface area (TPSA) is 92.9 Å². The minimum Gasteiger partial charge on any atom is -0.370 e. The summed E-state index contributed by atoms with van der Waals surface area (Å²) in [6.45, 7) is 4.16. The molecule has 2 aliphatic heterocycles. The van der Waals surface area contributed by atoms with E-state index in [0.717, 1.165) is 49.4 Å². The number of thiazole rings is 1. The van der Waals surface area contributed by atoms with Gasteiger partial charge in [0, 0.05) is 66.2 Å². The van der Waals surface area contributed by atoms with Gasteiger partial charge in [0.2, 0.25) is 0 Å². The van der Waals surface area contributed by atoms with Crippen molar-refractivity contribution in [1.82, 2.24) is 29.6 Å². The molecule has 1 amide bonds. The molecule has 0 aliphatic carbocycles. The summed E-state index contributed by atoms with van der Waals surface area (Å²) in [4.78, 5) is 24.8. The maximum Gasteiger partial charge on any atom is 0.257 e. The molecular weight excluding hydrogens is 598 g/mol. The summed E-state index contributed by atoms with van der Waals surface area (Å²) < 4.78 is 17.6. The van der Waals surface area contributed by atoms with E-state index in [0.29, 0.717) is 37.5 Å². The lowest BCUT2D eigenvalue weighted by Gasteiger charge is -2.22. The molecule has 0 saturated carbocycles. The number of halogens is 3. The molecule has 0 unspecified atom stereocenters. The Bertz CT molecular complexity index is 1750. The molecule has 0 spiro atoms. The molecule has 2 atom stereocenters. The van der Waals surface area contributed by atoms with Gasteiger partial charge in [0.25, 0.3) is 5.91 Å². The fourth-order valence-electron chi connectivity index (χ4n) is 5.77. The number of nitrogens with zero attached hydrogens (tertiary/aromatic N) is 6. The minimum atomic E-state index is -1.03.